The molecular formula is C15H19FN2O. The molecule has 1 unspecified atom stereocenters. The normalized spacial score (nSPS) is 12.7. The quantitative estimate of drug-likeness (QED) is 0.920. The van der Waals surface area contributed by atoms with E-state index in [2.05, 4.69) is 5.10 Å². The minimum atomic E-state index is -0.639. The molecule has 19 heavy (non-hydrogen) atoms. The first kappa shape index (κ1) is 13.7. The van der Waals surface area contributed by atoms with Crippen molar-refractivity contribution in [3.8, 4) is 0 Å². The van der Waals surface area contributed by atoms with Gasteiger partial charge in [0.1, 0.15) is 5.82 Å². The van der Waals surface area contributed by atoms with Crippen LogP contribution in [0.2, 0.25) is 0 Å². The van der Waals surface area contributed by atoms with Crippen LogP contribution in [0, 0.1) is 12.7 Å². The van der Waals surface area contributed by atoms with E-state index in [1.807, 2.05) is 20.0 Å². The fraction of sp³-hybridized carbons (Fsp3) is 0.400. The molecule has 1 atom stereocenters. The molecule has 1 N–H and O–H groups in total. The molecule has 0 saturated carbocycles. The van der Waals surface area contributed by atoms with Gasteiger partial charge >= 0.3 is 0 Å². The van der Waals surface area contributed by atoms with Crippen LogP contribution in [0.1, 0.15) is 35.5 Å². The second-order valence-electron chi connectivity index (χ2n) is 4.83. The summed E-state index contributed by atoms with van der Waals surface area (Å²) in [6.07, 6.45) is 0.716. The highest BCUT2D eigenvalue weighted by Gasteiger charge is 2.13. The zero-order valence-corrected chi connectivity index (χ0v) is 11.5. The molecule has 0 aliphatic rings. The predicted octanol–water partition coefficient (Wildman–Crippen LogP) is 2.71. The van der Waals surface area contributed by atoms with E-state index < -0.39 is 6.10 Å². The van der Waals surface area contributed by atoms with Gasteiger partial charge in [-0.1, -0.05) is 19.1 Å². The van der Waals surface area contributed by atoms with Gasteiger partial charge in [-0.2, -0.15) is 5.10 Å². The summed E-state index contributed by atoms with van der Waals surface area (Å²) in [5.74, 6) is -0.246. The van der Waals surface area contributed by atoms with Gasteiger partial charge in [-0.15, -0.1) is 0 Å². The van der Waals surface area contributed by atoms with Crippen molar-refractivity contribution in [1.29, 1.82) is 0 Å². The van der Waals surface area contributed by atoms with Crippen LogP contribution in [-0.2, 0) is 19.9 Å². The number of benzene rings is 1. The van der Waals surface area contributed by atoms with Crippen molar-refractivity contribution in [2.45, 2.75) is 32.8 Å². The number of aliphatic hydroxyl groups is 1. The van der Waals surface area contributed by atoms with E-state index in [9.17, 15) is 9.50 Å². The molecule has 0 aliphatic heterocycles. The lowest BCUT2D eigenvalue weighted by Gasteiger charge is -2.12. The number of aliphatic hydroxyl groups excluding tert-OH is 1. The molecule has 0 bridgehead atoms. The van der Waals surface area contributed by atoms with E-state index in [0.717, 1.165) is 23.4 Å². The maximum absolute atomic E-state index is 13.2. The van der Waals surface area contributed by atoms with E-state index in [4.69, 9.17) is 0 Å². The Balaban J connectivity index is 2.17. The van der Waals surface area contributed by atoms with Crippen molar-refractivity contribution in [3.63, 3.8) is 0 Å². The SMILES string of the molecule is CCc1cc(CC(O)c2ccc(F)c(C)c2)n(C)n1. The van der Waals surface area contributed by atoms with Gasteiger partial charge in [-0.25, -0.2) is 4.39 Å². The molecule has 4 heteroatoms. The predicted molar refractivity (Wildman–Crippen MR) is 72.4 cm³/mol. The first-order chi connectivity index (χ1) is 9.01. The Morgan fingerprint density at radius 2 is 2.11 bits per heavy atom. The fourth-order valence-electron chi connectivity index (χ4n) is 2.13. The Hall–Kier alpha value is -1.68. The highest BCUT2D eigenvalue weighted by Crippen LogP contribution is 2.21. The van der Waals surface area contributed by atoms with Crippen LogP contribution in [0.4, 0.5) is 4.39 Å². The topological polar surface area (TPSA) is 38.0 Å². The summed E-state index contributed by atoms with van der Waals surface area (Å²) in [7, 11) is 1.87. The van der Waals surface area contributed by atoms with Crippen molar-refractivity contribution >= 4 is 0 Å². The number of nitrogens with zero attached hydrogens (tertiary/aromatic N) is 2. The van der Waals surface area contributed by atoms with Crippen LogP contribution in [0.25, 0.3) is 0 Å². The number of hydrogen-bond donors (Lipinski definition) is 1. The third-order valence-corrected chi connectivity index (χ3v) is 3.36. The molecule has 1 aromatic carbocycles. The second-order valence-corrected chi connectivity index (χ2v) is 4.83. The first-order valence-electron chi connectivity index (χ1n) is 6.47. The van der Waals surface area contributed by atoms with Crippen LogP contribution in [0.5, 0.6) is 0 Å². The van der Waals surface area contributed by atoms with E-state index >= 15 is 0 Å². The molecule has 0 saturated heterocycles. The van der Waals surface area contributed by atoms with Crippen molar-refractivity contribution < 1.29 is 9.50 Å². The van der Waals surface area contributed by atoms with Gasteiger partial charge in [0.25, 0.3) is 0 Å². The van der Waals surface area contributed by atoms with Gasteiger partial charge in [0.2, 0.25) is 0 Å². The minimum absolute atomic E-state index is 0.246. The van der Waals surface area contributed by atoms with Gasteiger partial charge in [0.05, 0.1) is 11.8 Å². The van der Waals surface area contributed by atoms with Gasteiger partial charge in [-0.05, 0) is 36.6 Å². The molecular weight excluding hydrogens is 243 g/mol. The maximum atomic E-state index is 13.2. The molecule has 102 valence electrons. The summed E-state index contributed by atoms with van der Waals surface area (Å²) in [5, 5.41) is 14.6. The molecule has 0 amide bonds. The molecule has 0 fully saturated rings. The lowest BCUT2D eigenvalue weighted by Crippen LogP contribution is -2.07. The number of hydrogen-bond acceptors (Lipinski definition) is 2. The molecule has 1 heterocycles. The van der Waals surface area contributed by atoms with E-state index in [1.54, 1.807) is 23.7 Å². The molecule has 0 aliphatic carbocycles. The summed E-state index contributed by atoms with van der Waals surface area (Å²) >= 11 is 0. The Morgan fingerprint density at radius 1 is 1.37 bits per heavy atom. The summed E-state index contributed by atoms with van der Waals surface area (Å²) in [6, 6.07) is 6.72. The van der Waals surface area contributed by atoms with E-state index in [0.29, 0.717) is 12.0 Å². The Labute approximate surface area is 112 Å². The van der Waals surface area contributed by atoms with Crippen LogP contribution < -0.4 is 0 Å². The number of halogens is 1. The average molecular weight is 262 g/mol. The van der Waals surface area contributed by atoms with Crippen molar-refractivity contribution in [3.05, 3.63) is 52.6 Å². The van der Waals surface area contributed by atoms with Gasteiger partial charge < -0.3 is 5.11 Å². The number of aryl methyl sites for hydroxylation is 3. The summed E-state index contributed by atoms with van der Waals surface area (Å²) in [6.45, 7) is 3.75. The standard InChI is InChI=1S/C15H19FN2O/c1-4-12-8-13(18(3)17-12)9-15(19)11-5-6-14(16)10(2)7-11/h5-8,15,19H,4,9H2,1-3H3. The zero-order chi connectivity index (χ0) is 14.0. The molecule has 2 aromatic rings. The van der Waals surface area contributed by atoms with Gasteiger partial charge in [0.15, 0.2) is 0 Å². The third-order valence-electron chi connectivity index (χ3n) is 3.36. The summed E-state index contributed by atoms with van der Waals surface area (Å²) in [4.78, 5) is 0. The Morgan fingerprint density at radius 3 is 2.68 bits per heavy atom. The molecule has 0 radical (unpaired) electrons. The fourth-order valence-corrected chi connectivity index (χ4v) is 2.13. The third kappa shape index (κ3) is 3.01. The smallest absolute Gasteiger partial charge is 0.126 e. The Kier molecular flexibility index (Phi) is 4.00. The summed E-state index contributed by atoms with van der Waals surface area (Å²) in [5.41, 5.74) is 3.28. The first-order valence-corrected chi connectivity index (χ1v) is 6.47. The monoisotopic (exact) mass is 262 g/mol. The Bertz CT molecular complexity index is 578. The van der Waals surface area contributed by atoms with Crippen molar-refractivity contribution in [1.82, 2.24) is 9.78 Å². The van der Waals surface area contributed by atoms with E-state index in [1.165, 1.54) is 6.07 Å². The second kappa shape index (κ2) is 5.53. The van der Waals surface area contributed by atoms with Crippen LogP contribution in [0.15, 0.2) is 24.3 Å². The van der Waals surface area contributed by atoms with Gasteiger partial charge in [0, 0.05) is 19.2 Å². The van der Waals surface area contributed by atoms with Crippen LogP contribution in [-0.4, -0.2) is 14.9 Å². The van der Waals surface area contributed by atoms with Crippen LogP contribution in [0.3, 0.4) is 0 Å². The maximum Gasteiger partial charge on any atom is 0.126 e. The summed E-state index contributed by atoms with van der Waals surface area (Å²) < 4.78 is 15.0. The molecule has 2 rings (SSSR count). The molecule has 0 spiro atoms. The molecule has 1 aromatic heterocycles. The highest BCUT2D eigenvalue weighted by atomic mass is 19.1. The lowest BCUT2D eigenvalue weighted by molar-refractivity contribution is 0.175. The van der Waals surface area contributed by atoms with E-state index in [-0.39, 0.29) is 5.82 Å². The average Bonchev–Trinajstić information content (AvgIpc) is 2.73. The van der Waals surface area contributed by atoms with Crippen LogP contribution >= 0.6 is 0 Å². The lowest BCUT2D eigenvalue weighted by atomic mass is 10.0. The zero-order valence-electron chi connectivity index (χ0n) is 11.5. The number of aromatic nitrogens is 2. The van der Waals surface area contributed by atoms with Crippen molar-refractivity contribution in [2.24, 2.45) is 7.05 Å². The largest absolute Gasteiger partial charge is 0.388 e. The highest BCUT2D eigenvalue weighted by molar-refractivity contribution is 5.26. The van der Waals surface area contributed by atoms with Crippen molar-refractivity contribution in [2.75, 3.05) is 0 Å². The molecule has 3 nitrogen and oxygen atoms in total. The number of rotatable bonds is 4. The minimum Gasteiger partial charge on any atom is -0.388 e. The van der Waals surface area contributed by atoms with Gasteiger partial charge in [-0.3, -0.25) is 4.68 Å².